The lowest BCUT2D eigenvalue weighted by atomic mass is 9.60. The Bertz CT molecular complexity index is 888. The standard InChI is InChI=1S/C34H60O2Si/c1-23(14-15-24(2)32(7,8)35)29-16-17-30-26(13-12-18-33(29,30)9)19-25(3)34-21-27(34)20-28(22-34)36-37(10,11)31(4,5)6/h14-15,19,23-25,27-30,35H,12-13,16-18,20-22H2,1-11H3/b15-14+,26-19+/t23-,24+,25-,27?,28+,29-,30+,33-,34-/m1/s1. The van der Waals surface area contributed by atoms with Gasteiger partial charge in [0.2, 0.25) is 0 Å². The van der Waals surface area contributed by atoms with E-state index in [4.69, 9.17) is 4.43 Å². The number of allylic oxidation sites excluding steroid dienone is 3. The van der Waals surface area contributed by atoms with Gasteiger partial charge in [-0.3, -0.25) is 0 Å². The molecule has 1 unspecified atom stereocenters. The van der Waals surface area contributed by atoms with Crippen molar-refractivity contribution in [3.8, 4) is 0 Å². The molecule has 0 aromatic heterocycles. The molecule has 0 amide bonds. The van der Waals surface area contributed by atoms with E-state index in [0.717, 1.165) is 17.8 Å². The second kappa shape index (κ2) is 9.91. The summed E-state index contributed by atoms with van der Waals surface area (Å²) in [5.41, 5.74) is 2.11. The molecular formula is C34H60O2Si. The van der Waals surface area contributed by atoms with Crippen LogP contribution in [0.1, 0.15) is 114 Å². The fourth-order valence-corrected chi connectivity index (χ4v) is 9.93. The number of hydrogen-bond acceptors (Lipinski definition) is 2. The molecule has 2 nitrogen and oxygen atoms in total. The second-order valence-corrected chi connectivity index (χ2v) is 21.1. The molecule has 212 valence electrons. The highest BCUT2D eigenvalue weighted by Gasteiger charge is 2.63. The van der Waals surface area contributed by atoms with Gasteiger partial charge < -0.3 is 9.53 Å². The Labute approximate surface area is 231 Å². The van der Waals surface area contributed by atoms with Gasteiger partial charge in [-0.15, -0.1) is 0 Å². The lowest BCUT2D eigenvalue weighted by Gasteiger charge is -2.44. The van der Waals surface area contributed by atoms with Crippen LogP contribution in [0.3, 0.4) is 0 Å². The van der Waals surface area contributed by atoms with Gasteiger partial charge in [-0.1, -0.05) is 72.3 Å². The van der Waals surface area contributed by atoms with Crippen LogP contribution in [0.5, 0.6) is 0 Å². The van der Waals surface area contributed by atoms with E-state index in [-0.39, 0.29) is 5.92 Å². The van der Waals surface area contributed by atoms with Crippen molar-refractivity contribution in [3.05, 3.63) is 23.8 Å². The van der Waals surface area contributed by atoms with Crippen molar-refractivity contribution in [2.45, 2.75) is 144 Å². The largest absolute Gasteiger partial charge is 0.414 e. The molecule has 4 saturated carbocycles. The monoisotopic (exact) mass is 528 g/mol. The Morgan fingerprint density at radius 2 is 1.70 bits per heavy atom. The third-order valence-corrected chi connectivity index (χ3v) is 17.1. The molecule has 9 atom stereocenters. The minimum atomic E-state index is -1.69. The Balaban J connectivity index is 1.44. The van der Waals surface area contributed by atoms with Crippen molar-refractivity contribution in [3.63, 3.8) is 0 Å². The molecule has 1 N–H and O–H groups in total. The number of rotatable bonds is 8. The zero-order valence-electron chi connectivity index (χ0n) is 26.3. The Hall–Kier alpha value is -0.383. The molecule has 0 aliphatic heterocycles. The van der Waals surface area contributed by atoms with Crippen molar-refractivity contribution < 1.29 is 9.53 Å². The summed E-state index contributed by atoms with van der Waals surface area (Å²) < 4.78 is 6.91. The lowest BCUT2D eigenvalue weighted by molar-refractivity contribution is 0.0436. The van der Waals surface area contributed by atoms with E-state index in [9.17, 15) is 5.11 Å². The van der Waals surface area contributed by atoms with Crippen molar-refractivity contribution >= 4 is 8.32 Å². The van der Waals surface area contributed by atoms with Crippen molar-refractivity contribution in [2.24, 2.45) is 46.3 Å². The SMILES string of the molecule is C[C@H](/C=C/[C@H](C)C(C)(C)O)[C@H]1CC[C@H]2/C(=C/[C@@H](C)[C@]34CC3C[C@H](O[Si](C)(C)C(C)(C)C)C4)CCC[C@]12C. The van der Waals surface area contributed by atoms with Gasteiger partial charge in [0.15, 0.2) is 8.32 Å². The van der Waals surface area contributed by atoms with Gasteiger partial charge in [-0.25, -0.2) is 0 Å². The average Bonchev–Trinajstić information content (AvgIpc) is 3.14. The highest BCUT2D eigenvalue weighted by atomic mass is 28.4. The second-order valence-electron chi connectivity index (χ2n) is 16.4. The van der Waals surface area contributed by atoms with E-state index in [0.29, 0.717) is 33.8 Å². The minimum absolute atomic E-state index is 0.184. The lowest BCUT2D eigenvalue weighted by Crippen LogP contribution is -2.43. The zero-order valence-corrected chi connectivity index (χ0v) is 27.3. The highest BCUT2D eigenvalue weighted by Crippen LogP contribution is 2.69. The maximum absolute atomic E-state index is 10.4. The summed E-state index contributed by atoms with van der Waals surface area (Å²) in [7, 11) is -1.69. The van der Waals surface area contributed by atoms with Crippen LogP contribution < -0.4 is 0 Å². The van der Waals surface area contributed by atoms with Gasteiger partial charge in [-0.2, -0.15) is 0 Å². The van der Waals surface area contributed by atoms with Crippen molar-refractivity contribution in [1.29, 1.82) is 0 Å². The molecule has 0 spiro atoms. The summed E-state index contributed by atoms with van der Waals surface area (Å²) in [6.07, 6.45) is 18.8. The molecule has 0 aromatic rings. The predicted octanol–water partition coefficient (Wildman–Crippen LogP) is 9.56. The predicted molar refractivity (Wildman–Crippen MR) is 161 cm³/mol. The molecule has 4 aliphatic rings. The van der Waals surface area contributed by atoms with Crippen molar-refractivity contribution in [2.75, 3.05) is 0 Å². The summed E-state index contributed by atoms with van der Waals surface area (Å²) in [6, 6.07) is 0. The van der Waals surface area contributed by atoms with Gasteiger partial charge >= 0.3 is 0 Å². The van der Waals surface area contributed by atoms with E-state index < -0.39 is 13.9 Å². The molecule has 0 radical (unpaired) electrons. The smallest absolute Gasteiger partial charge is 0.192 e. The number of hydrogen-bond donors (Lipinski definition) is 1. The van der Waals surface area contributed by atoms with Crippen LogP contribution >= 0.6 is 0 Å². The summed E-state index contributed by atoms with van der Waals surface area (Å²) >= 11 is 0. The molecule has 3 heteroatoms. The van der Waals surface area contributed by atoms with Crippen LogP contribution in [0.25, 0.3) is 0 Å². The van der Waals surface area contributed by atoms with E-state index in [1.807, 2.05) is 13.8 Å². The zero-order chi connectivity index (χ0) is 27.6. The van der Waals surface area contributed by atoms with Gasteiger partial charge in [0.1, 0.15) is 0 Å². The quantitative estimate of drug-likeness (QED) is 0.251. The average molecular weight is 529 g/mol. The summed E-state index contributed by atoms with van der Waals surface area (Å²) in [5.74, 6) is 3.86. The Morgan fingerprint density at radius 3 is 2.32 bits per heavy atom. The van der Waals surface area contributed by atoms with Crippen LogP contribution in [0.2, 0.25) is 18.1 Å². The Morgan fingerprint density at radius 1 is 1.03 bits per heavy atom. The van der Waals surface area contributed by atoms with Gasteiger partial charge in [0.05, 0.1) is 5.60 Å². The number of fused-ring (bicyclic) bond motifs is 2. The maximum Gasteiger partial charge on any atom is 0.192 e. The first-order chi connectivity index (χ1) is 16.9. The first-order valence-corrected chi connectivity index (χ1v) is 18.6. The minimum Gasteiger partial charge on any atom is -0.414 e. The molecule has 0 heterocycles. The fourth-order valence-electron chi connectivity index (χ4n) is 8.56. The maximum atomic E-state index is 10.4. The molecule has 0 aromatic carbocycles. The molecule has 4 fully saturated rings. The van der Waals surface area contributed by atoms with E-state index >= 15 is 0 Å². The summed E-state index contributed by atoms with van der Waals surface area (Å²) in [6.45, 7) is 25.6. The van der Waals surface area contributed by atoms with Gasteiger partial charge in [0.25, 0.3) is 0 Å². The first kappa shape index (κ1) is 29.6. The third-order valence-electron chi connectivity index (χ3n) is 12.6. The molecule has 4 rings (SSSR count). The summed E-state index contributed by atoms with van der Waals surface area (Å²) in [4.78, 5) is 0. The molecular weight excluding hydrogens is 468 g/mol. The number of aliphatic hydroxyl groups is 1. The van der Waals surface area contributed by atoms with E-state index in [1.54, 1.807) is 5.57 Å². The van der Waals surface area contributed by atoms with Crippen LogP contribution in [-0.2, 0) is 4.43 Å². The van der Waals surface area contributed by atoms with Gasteiger partial charge in [0, 0.05) is 12.0 Å². The molecule has 0 bridgehead atoms. The van der Waals surface area contributed by atoms with Gasteiger partial charge in [-0.05, 0) is 124 Å². The van der Waals surface area contributed by atoms with E-state index in [1.165, 1.54) is 51.4 Å². The van der Waals surface area contributed by atoms with Crippen LogP contribution in [-0.4, -0.2) is 25.1 Å². The highest BCUT2D eigenvalue weighted by molar-refractivity contribution is 6.74. The normalized spacial score (nSPS) is 40.1. The molecule has 4 aliphatic carbocycles. The first-order valence-electron chi connectivity index (χ1n) is 15.7. The molecule has 37 heavy (non-hydrogen) atoms. The fraction of sp³-hybridized carbons (Fsp3) is 0.882. The summed E-state index contributed by atoms with van der Waals surface area (Å²) in [5, 5.41) is 10.7. The van der Waals surface area contributed by atoms with Crippen molar-refractivity contribution in [1.82, 2.24) is 0 Å². The Kier molecular flexibility index (Phi) is 7.93. The van der Waals surface area contributed by atoms with Crippen LogP contribution in [0.15, 0.2) is 23.8 Å². The third kappa shape index (κ3) is 5.62. The van der Waals surface area contributed by atoms with Crippen LogP contribution in [0.4, 0.5) is 0 Å². The van der Waals surface area contributed by atoms with E-state index in [2.05, 4.69) is 79.8 Å². The molecule has 0 saturated heterocycles. The van der Waals surface area contributed by atoms with Crippen LogP contribution in [0, 0.1) is 46.3 Å². The topological polar surface area (TPSA) is 29.5 Å².